The number of halogens is 1. The molecule has 0 saturated carbocycles. The van der Waals surface area contributed by atoms with Crippen LogP contribution in [0, 0.1) is 0 Å². The van der Waals surface area contributed by atoms with Crippen LogP contribution in [0.15, 0.2) is 45.5 Å². The molecule has 0 radical (unpaired) electrons. The van der Waals surface area contributed by atoms with Gasteiger partial charge in [0.1, 0.15) is 18.1 Å². The Bertz CT molecular complexity index is 468. The second-order valence-electron chi connectivity index (χ2n) is 3.35. The van der Waals surface area contributed by atoms with Crippen LogP contribution in [0.4, 0.5) is 0 Å². The van der Waals surface area contributed by atoms with Gasteiger partial charge in [-0.25, -0.2) is 0 Å². The highest BCUT2D eigenvalue weighted by Crippen LogP contribution is 2.18. The first-order valence-corrected chi connectivity index (χ1v) is 5.73. The van der Waals surface area contributed by atoms with E-state index in [4.69, 9.17) is 14.9 Å². The Labute approximate surface area is 102 Å². The molecule has 0 aliphatic rings. The van der Waals surface area contributed by atoms with Crippen LogP contribution in [0.3, 0.4) is 0 Å². The first-order chi connectivity index (χ1) is 7.78. The highest BCUT2D eigenvalue weighted by molar-refractivity contribution is 9.10. The lowest BCUT2D eigenvalue weighted by Gasteiger charge is -2.05. The molecule has 0 bridgehead atoms. The zero-order chi connectivity index (χ0) is 11.4. The molecule has 1 heterocycles. The summed E-state index contributed by atoms with van der Waals surface area (Å²) in [5.41, 5.74) is 6.60. The van der Waals surface area contributed by atoms with Gasteiger partial charge in [0.25, 0.3) is 0 Å². The summed E-state index contributed by atoms with van der Waals surface area (Å²) < 4.78 is 11.6. The van der Waals surface area contributed by atoms with Gasteiger partial charge in [-0.2, -0.15) is 0 Å². The van der Waals surface area contributed by atoms with E-state index >= 15 is 0 Å². The second kappa shape index (κ2) is 5.18. The molecule has 4 heteroatoms. The van der Waals surface area contributed by atoms with Gasteiger partial charge in [-0.05, 0) is 45.8 Å². The normalized spacial score (nSPS) is 10.4. The van der Waals surface area contributed by atoms with Crippen LogP contribution in [0.1, 0.15) is 11.3 Å². The van der Waals surface area contributed by atoms with Gasteiger partial charge in [0, 0.05) is 6.54 Å². The van der Waals surface area contributed by atoms with Crippen LogP contribution < -0.4 is 10.5 Å². The molecule has 0 atom stereocenters. The van der Waals surface area contributed by atoms with Crippen LogP contribution in [-0.2, 0) is 13.2 Å². The van der Waals surface area contributed by atoms with Gasteiger partial charge in [0.05, 0.1) is 0 Å². The van der Waals surface area contributed by atoms with Gasteiger partial charge in [-0.15, -0.1) is 0 Å². The predicted molar refractivity (Wildman–Crippen MR) is 65.1 cm³/mol. The van der Waals surface area contributed by atoms with Crippen molar-refractivity contribution in [3.05, 3.63) is 52.4 Å². The SMILES string of the molecule is NCc1cccc(OCc2ccc(Br)o2)c1. The van der Waals surface area contributed by atoms with Crippen molar-refractivity contribution in [2.24, 2.45) is 5.73 Å². The minimum absolute atomic E-state index is 0.416. The van der Waals surface area contributed by atoms with Crippen LogP contribution in [-0.4, -0.2) is 0 Å². The average molecular weight is 282 g/mol. The molecule has 0 aliphatic heterocycles. The van der Waals surface area contributed by atoms with Gasteiger partial charge in [0.2, 0.25) is 0 Å². The Balaban J connectivity index is 1.99. The third-order valence-corrected chi connectivity index (χ3v) is 2.57. The van der Waals surface area contributed by atoms with Crippen LogP contribution >= 0.6 is 15.9 Å². The first-order valence-electron chi connectivity index (χ1n) is 4.94. The fourth-order valence-electron chi connectivity index (χ4n) is 1.35. The van der Waals surface area contributed by atoms with Crippen molar-refractivity contribution >= 4 is 15.9 Å². The quantitative estimate of drug-likeness (QED) is 0.937. The van der Waals surface area contributed by atoms with Crippen molar-refractivity contribution < 1.29 is 9.15 Å². The molecule has 84 valence electrons. The molecule has 0 aliphatic carbocycles. The summed E-state index contributed by atoms with van der Waals surface area (Å²) >= 11 is 3.24. The van der Waals surface area contributed by atoms with Crippen LogP contribution in [0.25, 0.3) is 0 Å². The summed E-state index contributed by atoms with van der Waals surface area (Å²) in [5, 5.41) is 0. The van der Waals surface area contributed by atoms with E-state index in [1.807, 2.05) is 36.4 Å². The highest BCUT2D eigenvalue weighted by atomic mass is 79.9. The zero-order valence-electron chi connectivity index (χ0n) is 8.65. The minimum atomic E-state index is 0.416. The molecule has 2 N–H and O–H groups in total. The summed E-state index contributed by atoms with van der Waals surface area (Å²) in [6.45, 7) is 0.934. The Morgan fingerprint density at radius 1 is 1.25 bits per heavy atom. The minimum Gasteiger partial charge on any atom is -0.486 e. The molecular formula is C12H12BrNO2. The van der Waals surface area contributed by atoms with E-state index in [9.17, 15) is 0 Å². The number of ether oxygens (including phenoxy) is 1. The molecule has 0 saturated heterocycles. The van der Waals surface area contributed by atoms with E-state index in [1.165, 1.54) is 0 Å². The fraction of sp³-hybridized carbons (Fsp3) is 0.167. The second-order valence-corrected chi connectivity index (χ2v) is 4.13. The van der Waals surface area contributed by atoms with E-state index in [-0.39, 0.29) is 0 Å². The smallest absolute Gasteiger partial charge is 0.169 e. The van der Waals surface area contributed by atoms with Gasteiger partial charge < -0.3 is 14.9 Å². The molecule has 1 aromatic carbocycles. The maximum Gasteiger partial charge on any atom is 0.169 e. The lowest BCUT2D eigenvalue weighted by molar-refractivity contribution is 0.267. The van der Waals surface area contributed by atoms with E-state index in [0.29, 0.717) is 17.8 Å². The molecule has 16 heavy (non-hydrogen) atoms. The summed E-state index contributed by atoms with van der Waals surface area (Å²) in [7, 11) is 0. The van der Waals surface area contributed by atoms with Crippen LogP contribution in [0.2, 0.25) is 0 Å². The topological polar surface area (TPSA) is 48.4 Å². The van der Waals surface area contributed by atoms with Gasteiger partial charge in [0.15, 0.2) is 4.67 Å². The summed E-state index contributed by atoms with van der Waals surface area (Å²) in [6.07, 6.45) is 0. The van der Waals surface area contributed by atoms with E-state index in [2.05, 4.69) is 15.9 Å². The molecule has 0 fully saturated rings. The van der Waals surface area contributed by atoms with Gasteiger partial charge >= 0.3 is 0 Å². The molecule has 3 nitrogen and oxygen atoms in total. The monoisotopic (exact) mass is 281 g/mol. The summed E-state index contributed by atoms with van der Waals surface area (Å²) in [4.78, 5) is 0. The lowest BCUT2D eigenvalue weighted by Crippen LogP contribution is -1.98. The molecule has 0 amide bonds. The molecule has 2 rings (SSSR count). The average Bonchev–Trinajstić information content (AvgIpc) is 2.73. The molecular weight excluding hydrogens is 270 g/mol. The van der Waals surface area contributed by atoms with E-state index < -0.39 is 0 Å². The molecule has 0 spiro atoms. The van der Waals surface area contributed by atoms with Crippen molar-refractivity contribution in [2.75, 3.05) is 0 Å². The number of nitrogens with two attached hydrogens (primary N) is 1. The van der Waals surface area contributed by atoms with E-state index in [1.54, 1.807) is 0 Å². The third-order valence-electron chi connectivity index (χ3n) is 2.14. The number of hydrogen-bond donors (Lipinski definition) is 1. The van der Waals surface area contributed by atoms with Crippen LogP contribution in [0.5, 0.6) is 5.75 Å². The van der Waals surface area contributed by atoms with E-state index in [0.717, 1.165) is 17.1 Å². The van der Waals surface area contributed by atoms with Crippen molar-refractivity contribution in [2.45, 2.75) is 13.2 Å². The van der Waals surface area contributed by atoms with Crippen molar-refractivity contribution in [3.8, 4) is 5.75 Å². The Hall–Kier alpha value is -1.26. The Morgan fingerprint density at radius 3 is 2.81 bits per heavy atom. The first kappa shape index (κ1) is 11.2. The Morgan fingerprint density at radius 2 is 2.12 bits per heavy atom. The predicted octanol–water partition coefficient (Wildman–Crippen LogP) is 3.08. The number of furan rings is 1. The molecule has 2 aromatic rings. The molecule has 1 aromatic heterocycles. The Kier molecular flexibility index (Phi) is 3.64. The number of benzene rings is 1. The lowest BCUT2D eigenvalue weighted by atomic mass is 10.2. The maximum atomic E-state index is 5.58. The number of rotatable bonds is 4. The van der Waals surface area contributed by atoms with Gasteiger partial charge in [-0.3, -0.25) is 0 Å². The summed E-state index contributed by atoms with van der Waals surface area (Å²) in [5.74, 6) is 1.58. The largest absolute Gasteiger partial charge is 0.486 e. The molecule has 0 unspecified atom stereocenters. The highest BCUT2D eigenvalue weighted by Gasteiger charge is 2.01. The third kappa shape index (κ3) is 2.87. The van der Waals surface area contributed by atoms with Crippen molar-refractivity contribution in [3.63, 3.8) is 0 Å². The summed E-state index contributed by atoms with van der Waals surface area (Å²) in [6, 6.07) is 11.4. The number of hydrogen-bond acceptors (Lipinski definition) is 3. The van der Waals surface area contributed by atoms with Crippen molar-refractivity contribution in [1.82, 2.24) is 0 Å². The zero-order valence-corrected chi connectivity index (χ0v) is 10.2. The fourth-order valence-corrected chi connectivity index (χ4v) is 1.69. The maximum absolute atomic E-state index is 5.58. The standard InChI is InChI=1S/C12H12BrNO2/c13-12-5-4-11(16-12)8-15-10-3-1-2-9(6-10)7-14/h1-6H,7-8,14H2. The van der Waals surface area contributed by atoms with Gasteiger partial charge in [-0.1, -0.05) is 12.1 Å². The van der Waals surface area contributed by atoms with Crippen molar-refractivity contribution in [1.29, 1.82) is 0 Å².